The molecule has 8 heteroatoms. The second-order valence-electron chi connectivity index (χ2n) is 6.60. The first-order valence-corrected chi connectivity index (χ1v) is 8.85. The Morgan fingerprint density at radius 2 is 1.61 bits per heavy atom. The Kier molecular flexibility index (Phi) is 7.34. The van der Waals surface area contributed by atoms with Crippen LogP contribution < -0.4 is 0 Å². The van der Waals surface area contributed by atoms with Gasteiger partial charge in [-0.05, 0) is 18.1 Å². The highest BCUT2D eigenvalue weighted by Crippen LogP contribution is 2.28. The minimum Gasteiger partial charge on any atom is -0.366 e. The van der Waals surface area contributed by atoms with Crippen LogP contribution in [0.25, 0.3) is 0 Å². The van der Waals surface area contributed by atoms with Gasteiger partial charge in [0.15, 0.2) is 5.78 Å². The Balaban J connectivity index is 2.11. The van der Waals surface area contributed by atoms with Crippen molar-refractivity contribution in [3.8, 4) is 0 Å². The van der Waals surface area contributed by atoms with Gasteiger partial charge in [-0.1, -0.05) is 49.4 Å². The molecule has 0 aliphatic rings. The van der Waals surface area contributed by atoms with E-state index in [0.29, 0.717) is 5.56 Å². The second-order valence-corrected chi connectivity index (χ2v) is 6.60. The van der Waals surface area contributed by atoms with Gasteiger partial charge in [0.25, 0.3) is 5.69 Å². The maximum Gasteiger partial charge on any atom is 0.269 e. The Morgan fingerprint density at radius 1 is 1.00 bits per heavy atom. The fourth-order valence-electron chi connectivity index (χ4n) is 3.00. The largest absolute Gasteiger partial charge is 0.366 e. The van der Waals surface area contributed by atoms with Crippen LogP contribution in [0.15, 0.2) is 54.6 Å². The summed E-state index contributed by atoms with van der Waals surface area (Å²) in [5, 5.41) is 21.9. The van der Waals surface area contributed by atoms with Gasteiger partial charge in [0.2, 0.25) is 6.54 Å². The van der Waals surface area contributed by atoms with E-state index in [0.717, 1.165) is 5.56 Å². The van der Waals surface area contributed by atoms with E-state index in [1.165, 1.54) is 24.3 Å². The number of hydrogen-bond donors (Lipinski definition) is 0. The Hall–Kier alpha value is -3.13. The van der Waals surface area contributed by atoms with Gasteiger partial charge in [-0.2, -0.15) is 0 Å². The van der Waals surface area contributed by atoms with Crippen molar-refractivity contribution >= 4 is 11.5 Å². The van der Waals surface area contributed by atoms with E-state index >= 15 is 0 Å². The molecule has 0 N–H and O–H groups in total. The standard InChI is InChI=1S/C20H22N2O6/c1-14(20(23)15(2)28-13-16-6-4-3-5-7-16)19(12-21(24)25)17-8-10-18(11-9-17)22(26)27/h3-11,14-15,19H,12-13H2,1-2H3/t14-,15-,19+/m0/s1. The van der Waals surface area contributed by atoms with Gasteiger partial charge in [0.05, 0.1) is 17.4 Å². The molecule has 0 aliphatic carbocycles. The molecule has 0 saturated carbocycles. The van der Waals surface area contributed by atoms with Crippen molar-refractivity contribution in [2.45, 2.75) is 32.5 Å². The molecule has 0 aromatic heterocycles. The van der Waals surface area contributed by atoms with Crippen LogP contribution in [0.3, 0.4) is 0 Å². The normalized spacial score (nSPS) is 14.1. The summed E-state index contributed by atoms with van der Waals surface area (Å²) in [6.07, 6.45) is -0.734. The molecule has 0 spiro atoms. The molecule has 2 aromatic carbocycles. The van der Waals surface area contributed by atoms with E-state index in [-0.39, 0.29) is 18.1 Å². The molecule has 28 heavy (non-hydrogen) atoms. The van der Waals surface area contributed by atoms with Gasteiger partial charge in [0.1, 0.15) is 6.10 Å². The third-order valence-electron chi connectivity index (χ3n) is 4.67. The number of carbonyl (C=O) groups excluding carboxylic acids is 1. The van der Waals surface area contributed by atoms with Crippen molar-refractivity contribution in [3.05, 3.63) is 86.0 Å². The zero-order valence-electron chi connectivity index (χ0n) is 15.7. The van der Waals surface area contributed by atoms with Gasteiger partial charge in [0, 0.05) is 23.0 Å². The molecule has 0 heterocycles. The van der Waals surface area contributed by atoms with Crippen molar-refractivity contribution in [1.82, 2.24) is 0 Å². The Bertz CT molecular complexity index is 822. The van der Waals surface area contributed by atoms with Crippen molar-refractivity contribution in [3.63, 3.8) is 0 Å². The average molecular weight is 386 g/mol. The van der Waals surface area contributed by atoms with E-state index in [2.05, 4.69) is 0 Å². The molecular formula is C20H22N2O6. The lowest BCUT2D eigenvalue weighted by molar-refractivity contribution is -0.484. The maximum atomic E-state index is 12.8. The van der Waals surface area contributed by atoms with Crippen LogP contribution in [-0.2, 0) is 16.1 Å². The van der Waals surface area contributed by atoms with Gasteiger partial charge in [-0.3, -0.25) is 25.0 Å². The summed E-state index contributed by atoms with van der Waals surface area (Å²) >= 11 is 0. The summed E-state index contributed by atoms with van der Waals surface area (Å²) in [4.78, 5) is 33.7. The van der Waals surface area contributed by atoms with E-state index < -0.39 is 34.3 Å². The van der Waals surface area contributed by atoms with Crippen LogP contribution in [0.5, 0.6) is 0 Å². The molecule has 0 saturated heterocycles. The van der Waals surface area contributed by atoms with Crippen LogP contribution in [0.4, 0.5) is 5.69 Å². The zero-order valence-corrected chi connectivity index (χ0v) is 15.7. The molecule has 8 nitrogen and oxygen atoms in total. The number of rotatable bonds is 10. The number of carbonyl (C=O) groups is 1. The number of ether oxygens (including phenoxy) is 1. The topological polar surface area (TPSA) is 113 Å². The number of benzene rings is 2. The highest BCUT2D eigenvalue weighted by Gasteiger charge is 2.32. The van der Waals surface area contributed by atoms with Crippen molar-refractivity contribution in [2.75, 3.05) is 6.54 Å². The molecule has 148 valence electrons. The SMILES string of the molecule is C[C@H](OCc1ccccc1)C(=O)[C@@H](C)[C@@H](C[N+](=O)[O-])c1ccc([N+](=O)[O-])cc1. The minimum atomic E-state index is -0.734. The fourth-order valence-corrected chi connectivity index (χ4v) is 3.00. The summed E-state index contributed by atoms with van der Waals surface area (Å²) in [6.45, 7) is 3.06. The number of ketones is 1. The summed E-state index contributed by atoms with van der Waals surface area (Å²) in [5.74, 6) is -1.63. The van der Waals surface area contributed by atoms with Gasteiger partial charge in [-0.15, -0.1) is 0 Å². The van der Waals surface area contributed by atoms with Crippen molar-refractivity contribution < 1.29 is 19.4 Å². The molecule has 0 fully saturated rings. The smallest absolute Gasteiger partial charge is 0.269 e. The van der Waals surface area contributed by atoms with Crippen LogP contribution in [0.2, 0.25) is 0 Å². The maximum absolute atomic E-state index is 12.8. The van der Waals surface area contributed by atoms with E-state index in [1.54, 1.807) is 13.8 Å². The van der Waals surface area contributed by atoms with Crippen molar-refractivity contribution in [1.29, 1.82) is 0 Å². The number of nitro groups is 2. The van der Waals surface area contributed by atoms with Gasteiger partial charge < -0.3 is 4.74 Å². The zero-order chi connectivity index (χ0) is 20.7. The number of hydrogen-bond acceptors (Lipinski definition) is 6. The third-order valence-corrected chi connectivity index (χ3v) is 4.67. The van der Waals surface area contributed by atoms with Crippen LogP contribution in [0, 0.1) is 26.1 Å². The van der Waals surface area contributed by atoms with Crippen LogP contribution >= 0.6 is 0 Å². The third kappa shape index (κ3) is 5.68. The molecule has 0 amide bonds. The van der Waals surface area contributed by atoms with E-state index in [9.17, 15) is 25.0 Å². The molecule has 2 aromatic rings. The lowest BCUT2D eigenvalue weighted by atomic mass is 9.83. The summed E-state index contributed by atoms with van der Waals surface area (Å²) < 4.78 is 5.64. The van der Waals surface area contributed by atoms with Crippen LogP contribution in [0.1, 0.15) is 30.9 Å². The Labute approximate surface area is 162 Å². The predicted octanol–water partition coefficient (Wildman–Crippen LogP) is 3.77. The number of nitro benzene ring substituents is 1. The number of non-ortho nitro benzene ring substituents is 1. The first kappa shape index (κ1) is 21.2. The summed E-state index contributed by atoms with van der Waals surface area (Å²) in [5.41, 5.74) is 1.33. The van der Waals surface area contributed by atoms with Crippen LogP contribution in [-0.4, -0.2) is 28.3 Å². The molecular weight excluding hydrogens is 364 g/mol. The molecule has 0 unspecified atom stereocenters. The molecule has 3 atom stereocenters. The summed E-state index contributed by atoms with van der Waals surface area (Å²) in [6, 6.07) is 14.9. The lowest BCUT2D eigenvalue weighted by Gasteiger charge is -2.23. The first-order valence-electron chi connectivity index (χ1n) is 8.85. The Morgan fingerprint density at radius 3 is 2.14 bits per heavy atom. The molecule has 0 bridgehead atoms. The van der Waals surface area contributed by atoms with Gasteiger partial charge in [-0.25, -0.2) is 0 Å². The average Bonchev–Trinajstić information content (AvgIpc) is 2.69. The quantitative estimate of drug-likeness (QED) is 0.454. The predicted molar refractivity (Wildman–Crippen MR) is 103 cm³/mol. The molecule has 2 rings (SSSR count). The summed E-state index contributed by atoms with van der Waals surface area (Å²) in [7, 11) is 0. The van der Waals surface area contributed by atoms with E-state index in [1.807, 2.05) is 30.3 Å². The number of Topliss-reactive ketones (excluding diaryl/α,β-unsaturated/α-hetero) is 1. The monoisotopic (exact) mass is 386 g/mol. The molecule has 0 radical (unpaired) electrons. The molecule has 0 aliphatic heterocycles. The van der Waals surface area contributed by atoms with E-state index in [4.69, 9.17) is 4.74 Å². The van der Waals surface area contributed by atoms with Crippen molar-refractivity contribution in [2.24, 2.45) is 5.92 Å². The second kappa shape index (κ2) is 9.70. The minimum absolute atomic E-state index is 0.109. The fraction of sp³-hybridized carbons (Fsp3) is 0.350. The first-order chi connectivity index (χ1) is 13.3. The van der Waals surface area contributed by atoms with Gasteiger partial charge >= 0.3 is 0 Å². The number of nitrogens with zero attached hydrogens (tertiary/aromatic N) is 2. The highest BCUT2D eigenvalue weighted by molar-refractivity contribution is 5.85. The highest BCUT2D eigenvalue weighted by atomic mass is 16.6. The lowest BCUT2D eigenvalue weighted by Crippen LogP contribution is -2.33.